The summed E-state index contributed by atoms with van der Waals surface area (Å²) in [6.07, 6.45) is 6.50. The first-order valence-corrected chi connectivity index (χ1v) is 5.47. The number of unbranched alkanes of at least 4 members (excludes halogenated alkanes) is 1. The number of nitrogens with one attached hydrogen (secondary N) is 2. The quantitative estimate of drug-likeness (QED) is 0.515. The average Bonchev–Trinajstić information content (AvgIpc) is 2.20. The molecule has 0 heterocycles. The van der Waals surface area contributed by atoms with Crippen molar-refractivity contribution < 1.29 is 9.59 Å². The average molecular weight is 224 g/mol. The first kappa shape index (κ1) is 14.5. The molecule has 1 atom stereocenters. The lowest BCUT2D eigenvalue weighted by Crippen LogP contribution is -2.49. The van der Waals surface area contributed by atoms with E-state index in [1.165, 1.54) is 6.92 Å². The first-order valence-electron chi connectivity index (χ1n) is 5.47. The molecule has 0 aliphatic heterocycles. The van der Waals surface area contributed by atoms with E-state index in [9.17, 15) is 9.59 Å². The van der Waals surface area contributed by atoms with Gasteiger partial charge in [0.2, 0.25) is 11.8 Å². The summed E-state index contributed by atoms with van der Waals surface area (Å²) in [5.74, 6) is 2.22. The van der Waals surface area contributed by atoms with Crippen LogP contribution in [0, 0.1) is 18.3 Å². The third kappa shape index (κ3) is 6.07. The van der Waals surface area contributed by atoms with Gasteiger partial charge in [0.1, 0.15) is 6.04 Å². The van der Waals surface area contributed by atoms with Gasteiger partial charge in [0, 0.05) is 19.9 Å². The van der Waals surface area contributed by atoms with Gasteiger partial charge in [0.25, 0.3) is 0 Å². The van der Waals surface area contributed by atoms with Crippen molar-refractivity contribution >= 4 is 11.8 Å². The van der Waals surface area contributed by atoms with Gasteiger partial charge >= 0.3 is 0 Å². The molecular formula is C12H20N2O2. The van der Waals surface area contributed by atoms with E-state index in [1.54, 1.807) is 0 Å². The lowest BCUT2D eigenvalue weighted by Gasteiger charge is -2.20. The second-order valence-electron chi connectivity index (χ2n) is 4.02. The number of hydrogen-bond donors (Lipinski definition) is 2. The number of rotatable bonds is 6. The van der Waals surface area contributed by atoms with Crippen LogP contribution >= 0.6 is 0 Å². The fourth-order valence-corrected chi connectivity index (χ4v) is 1.27. The molecule has 16 heavy (non-hydrogen) atoms. The molecule has 0 aromatic carbocycles. The lowest BCUT2D eigenvalue weighted by atomic mass is 10.0. The third-order valence-electron chi connectivity index (χ3n) is 2.11. The normalized spacial score (nSPS) is 11.7. The Bertz CT molecular complexity index is 279. The number of carbonyl (C=O) groups excluding carboxylic acids is 2. The van der Waals surface area contributed by atoms with Crippen LogP contribution in [-0.2, 0) is 9.59 Å². The molecule has 0 spiro atoms. The van der Waals surface area contributed by atoms with Crippen molar-refractivity contribution in [1.82, 2.24) is 10.6 Å². The SMILES string of the molecule is C#CCCCNC(=O)[C@@H](NC(C)=O)C(C)C. The van der Waals surface area contributed by atoms with Gasteiger partial charge in [-0.3, -0.25) is 9.59 Å². The molecule has 2 N–H and O–H groups in total. The molecule has 4 nitrogen and oxygen atoms in total. The number of carbonyl (C=O) groups is 2. The molecule has 0 fully saturated rings. The number of terminal acetylenes is 1. The lowest BCUT2D eigenvalue weighted by molar-refractivity contribution is -0.129. The molecule has 0 bridgehead atoms. The van der Waals surface area contributed by atoms with Crippen molar-refractivity contribution in [3.05, 3.63) is 0 Å². The molecule has 2 amide bonds. The van der Waals surface area contributed by atoms with Gasteiger partial charge < -0.3 is 10.6 Å². The van der Waals surface area contributed by atoms with Crippen LogP contribution in [0.25, 0.3) is 0 Å². The van der Waals surface area contributed by atoms with Crippen molar-refractivity contribution in [1.29, 1.82) is 0 Å². The second kappa shape index (κ2) is 7.75. The molecule has 0 aromatic rings. The smallest absolute Gasteiger partial charge is 0.242 e. The Morgan fingerprint density at radius 3 is 2.44 bits per heavy atom. The Hall–Kier alpha value is -1.50. The van der Waals surface area contributed by atoms with Crippen LogP contribution in [0.1, 0.15) is 33.6 Å². The molecule has 0 rings (SSSR count). The van der Waals surface area contributed by atoms with Crippen LogP contribution in [0.3, 0.4) is 0 Å². The standard InChI is InChI=1S/C12H20N2O2/c1-5-6-7-8-13-12(16)11(9(2)3)14-10(4)15/h1,9,11H,6-8H2,2-4H3,(H,13,16)(H,14,15)/t11-/m0/s1. The summed E-state index contributed by atoms with van der Waals surface area (Å²) in [4.78, 5) is 22.6. The highest BCUT2D eigenvalue weighted by Gasteiger charge is 2.22. The molecule has 0 aliphatic rings. The van der Waals surface area contributed by atoms with E-state index in [0.29, 0.717) is 13.0 Å². The Morgan fingerprint density at radius 2 is 2.00 bits per heavy atom. The zero-order valence-corrected chi connectivity index (χ0v) is 10.2. The molecule has 0 radical (unpaired) electrons. The molecule has 0 saturated heterocycles. The summed E-state index contributed by atoms with van der Waals surface area (Å²) < 4.78 is 0. The zero-order chi connectivity index (χ0) is 12.6. The summed E-state index contributed by atoms with van der Waals surface area (Å²) in [5, 5.41) is 5.38. The largest absolute Gasteiger partial charge is 0.354 e. The minimum atomic E-state index is -0.469. The predicted molar refractivity (Wildman–Crippen MR) is 63.5 cm³/mol. The zero-order valence-electron chi connectivity index (χ0n) is 10.2. The van der Waals surface area contributed by atoms with E-state index >= 15 is 0 Å². The van der Waals surface area contributed by atoms with E-state index in [2.05, 4.69) is 16.6 Å². The van der Waals surface area contributed by atoms with Crippen LogP contribution in [0.4, 0.5) is 0 Å². The van der Waals surface area contributed by atoms with Gasteiger partial charge in [-0.15, -0.1) is 12.3 Å². The molecule has 0 aromatic heterocycles. The van der Waals surface area contributed by atoms with Gasteiger partial charge in [-0.25, -0.2) is 0 Å². The fraction of sp³-hybridized carbons (Fsp3) is 0.667. The Kier molecular flexibility index (Phi) is 7.02. The minimum absolute atomic E-state index is 0.0662. The van der Waals surface area contributed by atoms with Crippen molar-refractivity contribution in [3.8, 4) is 12.3 Å². The predicted octanol–water partition coefficient (Wildman–Crippen LogP) is 0.677. The molecule has 4 heteroatoms. The Labute approximate surface area is 97.2 Å². The third-order valence-corrected chi connectivity index (χ3v) is 2.11. The monoisotopic (exact) mass is 224 g/mol. The number of amides is 2. The maximum absolute atomic E-state index is 11.7. The fourth-order valence-electron chi connectivity index (χ4n) is 1.27. The van der Waals surface area contributed by atoms with E-state index < -0.39 is 6.04 Å². The number of hydrogen-bond acceptors (Lipinski definition) is 2. The van der Waals surface area contributed by atoms with Crippen molar-refractivity contribution in [2.75, 3.05) is 6.54 Å². The van der Waals surface area contributed by atoms with Gasteiger partial charge in [0.05, 0.1) is 0 Å². The van der Waals surface area contributed by atoms with E-state index in [1.807, 2.05) is 13.8 Å². The topological polar surface area (TPSA) is 58.2 Å². The highest BCUT2D eigenvalue weighted by molar-refractivity contribution is 5.86. The van der Waals surface area contributed by atoms with Crippen molar-refractivity contribution in [3.63, 3.8) is 0 Å². The van der Waals surface area contributed by atoms with Gasteiger partial charge in [-0.1, -0.05) is 13.8 Å². The Morgan fingerprint density at radius 1 is 1.38 bits per heavy atom. The molecule has 0 saturated carbocycles. The first-order chi connectivity index (χ1) is 7.49. The van der Waals surface area contributed by atoms with Crippen LogP contribution in [-0.4, -0.2) is 24.4 Å². The molecule has 0 aliphatic carbocycles. The summed E-state index contributed by atoms with van der Waals surface area (Å²) in [7, 11) is 0. The van der Waals surface area contributed by atoms with Crippen LogP contribution in [0.5, 0.6) is 0 Å². The summed E-state index contributed by atoms with van der Waals surface area (Å²) in [5.41, 5.74) is 0. The molecular weight excluding hydrogens is 204 g/mol. The maximum Gasteiger partial charge on any atom is 0.242 e. The van der Waals surface area contributed by atoms with Crippen molar-refractivity contribution in [2.24, 2.45) is 5.92 Å². The highest BCUT2D eigenvalue weighted by Crippen LogP contribution is 2.01. The van der Waals surface area contributed by atoms with E-state index in [-0.39, 0.29) is 17.7 Å². The van der Waals surface area contributed by atoms with Crippen molar-refractivity contribution in [2.45, 2.75) is 39.7 Å². The summed E-state index contributed by atoms with van der Waals surface area (Å²) in [6, 6.07) is -0.469. The van der Waals surface area contributed by atoms with Crippen LogP contribution < -0.4 is 10.6 Å². The Balaban J connectivity index is 4.08. The van der Waals surface area contributed by atoms with Gasteiger partial charge in [0.15, 0.2) is 0 Å². The second-order valence-corrected chi connectivity index (χ2v) is 4.02. The molecule has 90 valence electrons. The summed E-state index contributed by atoms with van der Waals surface area (Å²) >= 11 is 0. The van der Waals surface area contributed by atoms with Gasteiger partial charge in [-0.2, -0.15) is 0 Å². The summed E-state index contributed by atoms with van der Waals surface area (Å²) in [6.45, 7) is 5.73. The van der Waals surface area contributed by atoms with E-state index in [0.717, 1.165) is 6.42 Å². The van der Waals surface area contributed by atoms with Crippen LogP contribution in [0.15, 0.2) is 0 Å². The highest BCUT2D eigenvalue weighted by atomic mass is 16.2. The van der Waals surface area contributed by atoms with Gasteiger partial charge in [-0.05, 0) is 12.3 Å². The molecule has 0 unspecified atom stereocenters. The van der Waals surface area contributed by atoms with E-state index in [4.69, 9.17) is 6.42 Å². The maximum atomic E-state index is 11.7. The minimum Gasteiger partial charge on any atom is -0.354 e. The van der Waals surface area contributed by atoms with Crippen LogP contribution in [0.2, 0.25) is 0 Å².